The van der Waals surface area contributed by atoms with E-state index >= 15 is 0 Å². The standard InChI is InChI=1S/C14H11F3N2O/c1-7-4-8(6-9(15)5-7)14(20)19-13-11(18)3-2-10(16)12(13)17/h2-6H,18H2,1H3,(H,19,20). The van der Waals surface area contributed by atoms with Gasteiger partial charge in [0, 0.05) is 5.56 Å². The van der Waals surface area contributed by atoms with E-state index in [2.05, 4.69) is 5.32 Å². The minimum Gasteiger partial charge on any atom is -0.397 e. The Balaban J connectivity index is 2.35. The van der Waals surface area contributed by atoms with Crippen LogP contribution in [0.4, 0.5) is 24.5 Å². The molecule has 2 rings (SSSR count). The number of hydrogen-bond acceptors (Lipinski definition) is 2. The molecule has 1 amide bonds. The Bertz CT molecular complexity index is 666. The van der Waals surface area contributed by atoms with Gasteiger partial charge in [-0.2, -0.15) is 0 Å². The number of rotatable bonds is 2. The van der Waals surface area contributed by atoms with Crippen LogP contribution in [0, 0.1) is 24.4 Å². The lowest BCUT2D eigenvalue weighted by Gasteiger charge is -2.10. The van der Waals surface area contributed by atoms with Gasteiger partial charge in [0.05, 0.1) is 5.69 Å². The summed E-state index contributed by atoms with van der Waals surface area (Å²) in [7, 11) is 0. The number of benzene rings is 2. The van der Waals surface area contributed by atoms with Crippen LogP contribution >= 0.6 is 0 Å². The Labute approximate surface area is 113 Å². The zero-order chi connectivity index (χ0) is 14.9. The van der Waals surface area contributed by atoms with Crippen molar-refractivity contribution in [2.24, 2.45) is 0 Å². The molecule has 0 atom stereocenters. The summed E-state index contributed by atoms with van der Waals surface area (Å²) in [5.41, 5.74) is 5.42. The molecule has 0 spiro atoms. The van der Waals surface area contributed by atoms with E-state index in [0.29, 0.717) is 5.56 Å². The first-order valence-corrected chi connectivity index (χ1v) is 5.70. The van der Waals surface area contributed by atoms with Gasteiger partial charge in [-0.3, -0.25) is 4.79 Å². The fraction of sp³-hybridized carbons (Fsp3) is 0.0714. The van der Waals surface area contributed by atoms with Crippen LogP contribution < -0.4 is 11.1 Å². The van der Waals surface area contributed by atoms with Crippen LogP contribution in [0.15, 0.2) is 30.3 Å². The van der Waals surface area contributed by atoms with Crippen molar-refractivity contribution < 1.29 is 18.0 Å². The van der Waals surface area contributed by atoms with Gasteiger partial charge in [0.15, 0.2) is 11.6 Å². The Kier molecular flexibility index (Phi) is 3.65. The fourth-order valence-electron chi connectivity index (χ4n) is 1.75. The Morgan fingerprint density at radius 2 is 1.85 bits per heavy atom. The molecule has 0 aliphatic heterocycles. The summed E-state index contributed by atoms with van der Waals surface area (Å²) in [5, 5.41) is 2.14. The highest BCUT2D eigenvalue weighted by molar-refractivity contribution is 6.05. The molecule has 20 heavy (non-hydrogen) atoms. The van der Waals surface area contributed by atoms with Crippen molar-refractivity contribution in [1.82, 2.24) is 0 Å². The molecule has 0 aliphatic rings. The van der Waals surface area contributed by atoms with Gasteiger partial charge >= 0.3 is 0 Å². The van der Waals surface area contributed by atoms with Crippen molar-refractivity contribution in [3.05, 3.63) is 58.9 Å². The number of nitrogens with two attached hydrogens (primary N) is 1. The maximum absolute atomic E-state index is 13.6. The molecule has 2 aromatic rings. The van der Waals surface area contributed by atoms with Gasteiger partial charge in [-0.15, -0.1) is 0 Å². The van der Waals surface area contributed by atoms with E-state index in [-0.39, 0.29) is 11.3 Å². The first kappa shape index (κ1) is 13.9. The number of carbonyl (C=O) groups excluding carboxylic acids is 1. The van der Waals surface area contributed by atoms with Gasteiger partial charge in [0.2, 0.25) is 0 Å². The van der Waals surface area contributed by atoms with Crippen LogP contribution in [0.5, 0.6) is 0 Å². The van der Waals surface area contributed by atoms with Crippen molar-refractivity contribution in [2.75, 3.05) is 11.1 Å². The van der Waals surface area contributed by atoms with Gasteiger partial charge in [0.1, 0.15) is 11.5 Å². The van der Waals surface area contributed by atoms with Crippen LogP contribution in [0.2, 0.25) is 0 Å². The molecular weight excluding hydrogens is 269 g/mol. The number of nitrogens with one attached hydrogen (secondary N) is 1. The van der Waals surface area contributed by atoms with E-state index in [0.717, 1.165) is 18.2 Å². The molecule has 0 aliphatic carbocycles. The monoisotopic (exact) mass is 280 g/mol. The van der Waals surface area contributed by atoms with E-state index in [1.807, 2.05) is 0 Å². The van der Waals surface area contributed by atoms with Gasteiger partial charge < -0.3 is 11.1 Å². The molecule has 104 valence electrons. The van der Waals surface area contributed by atoms with E-state index in [1.54, 1.807) is 6.92 Å². The molecule has 0 radical (unpaired) electrons. The zero-order valence-corrected chi connectivity index (χ0v) is 10.5. The van der Waals surface area contributed by atoms with E-state index in [1.165, 1.54) is 12.1 Å². The number of halogens is 3. The van der Waals surface area contributed by atoms with Crippen LogP contribution in [0.25, 0.3) is 0 Å². The fourth-order valence-corrected chi connectivity index (χ4v) is 1.75. The molecule has 0 saturated carbocycles. The summed E-state index contributed by atoms with van der Waals surface area (Å²) in [6.07, 6.45) is 0. The number of nitrogen functional groups attached to an aromatic ring is 1. The summed E-state index contributed by atoms with van der Waals surface area (Å²) >= 11 is 0. The van der Waals surface area contributed by atoms with E-state index in [4.69, 9.17) is 5.73 Å². The molecular formula is C14H11F3N2O. The maximum Gasteiger partial charge on any atom is 0.255 e. The van der Waals surface area contributed by atoms with E-state index < -0.39 is 29.0 Å². The number of hydrogen-bond donors (Lipinski definition) is 2. The highest BCUT2D eigenvalue weighted by atomic mass is 19.2. The van der Waals surface area contributed by atoms with Crippen LogP contribution in [0.1, 0.15) is 15.9 Å². The molecule has 0 aromatic heterocycles. The minimum atomic E-state index is -1.26. The van der Waals surface area contributed by atoms with Gasteiger partial charge in [-0.25, -0.2) is 13.2 Å². The third-order valence-electron chi connectivity index (χ3n) is 2.67. The topological polar surface area (TPSA) is 55.1 Å². The largest absolute Gasteiger partial charge is 0.397 e. The van der Waals surface area contributed by atoms with Crippen LogP contribution in [-0.4, -0.2) is 5.91 Å². The average molecular weight is 280 g/mol. The SMILES string of the molecule is Cc1cc(F)cc(C(=O)Nc2c(N)ccc(F)c2F)c1. The Morgan fingerprint density at radius 1 is 1.15 bits per heavy atom. The quantitative estimate of drug-likeness (QED) is 0.830. The zero-order valence-electron chi connectivity index (χ0n) is 10.5. The van der Waals surface area contributed by atoms with Crippen molar-refractivity contribution in [3.63, 3.8) is 0 Å². The Hall–Kier alpha value is -2.50. The highest BCUT2D eigenvalue weighted by Gasteiger charge is 2.16. The summed E-state index contributed by atoms with van der Waals surface area (Å²) in [6.45, 7) is 1.61. The van der Waals surface area contributed by atoms with Gasteiger partial charge in [-0.1, -0.05) is 0 Å². The van der Waals surface area contributed by atoms with Crippen molar-refractivity contribution in [3.8, 4) is 0 Å². The third-order valence-corrected chi connectivity index (χ3v) is 2.67. The summed E-state index contributed by atoms with van der Waals surface area (Å²) in [4.78, 5) is 11.9. The van der Waals surface area contributed by atoms with Crippen molar-refractivity contribution in [2.45, 2.75) is 6.92 Å². The predicted octanol–water partition coefficient (Wildman–Crippen LogP) is 3.25. The first-order chi connectivity index (χ1) is 9.38. The summed E-state index contributed by atoms with van der Waals surface area (Å²) < 4.78 is 39.9. The number of carbonyl (C=O) groups is 1. The highest BCUT2D eigenvalue weighted by Crippen LogP contribution is 2.25. The Morgan fingerprint density at radius 3 is 2.50 bits per heavy atom. The number of amides is 1. The van der Waals surface area contributed by atoms with E-state index in [9.17, 15) is 18.0 Å². The molecule has 0 fully saturated rings. The lowest BCUT2D eigenvalue weighted by atomic mass is 10.1. The maximum atomic E-state index is 13.6. The van der Waals surface area contributed by atoms with Crippen LogP contribution in [0.3, 0.4) is 0 Å². The summed E-state index contributed by atoms with van der Waals surface area (Å²) in [5.74, 6) is -3.76. The third kappa shape index (κ3) is 2.74. The normalized spacial score (nSPS) is 10.4. The predicted molar refractivity (Wildman–Crippen MR) is 69.9 cm³/mol. The molecule has 0 bridgehead atoms. The molecule has 6 heteroatoms. The number of aryl methyl sites for hydroxylation is 1. The molecule has 0 saturated heterocycles. The summed E-state index contributed by atoms with van der Waals surface area (Å²) in [6, 6.07) is 5.65. The van der Waals surface area contributed by atoms with Crippen molar-refractivity contribution >= 4 is 17.3 Å². The van der Waals surface area contributed by atoms with Gasteiger partial charge in [0.25, 0.3) is 5.91 Å². The van der Waals surface area contributed by atoms with Gasteiger partial charge in [-0.05, 0) is 42.8 Å². The van der Waals surface area contributed by atoms with Crippen LogP contribution in [-0.2, 0) is 0 Å². The smallest absolute Gasteiger partial charge is 0.255 e. The molecule has 0 unspecified atom stereocenters. The second-order valence-corrected chi connectivity index (χ2v) is 4.30. The second-order valence-electron chi connectivity index (χ2n) is 4.30. The molecule has 3 nitrogen and oxygen atoms in total. The average Bonchev–Trinajstić information content (AvgIpc) is 2.38. The second kappa shape index (κ2) is 5.24. The molecule has 2 aromatic carbocycles. The lowest BCUT2D eigenvalue weighted by molar-refractivity contribution is 0.102. The molecule has 0 heterocycles. The first-order valence-electron chi connectivity index (χ1n) is 5.70. The minimum absolute atomic E-state index is 0.00874. The van der Waals surface area contributed by atoms with Crippen molar-refractivity contribution in [1.29, 1.82) is 0 Å². The number of anilines is 2. The molecule has 3 N–H and O–H groups in total. The lowest BCUT2D eigenvalue weighted by Crippen LogP contribution is -2.15.